The van der Waals surface area contributed by atoms with Crippen molar-refractivity contribution in [2.75, 3.05) is 26.2 Å². The zero-order valence-electron chi connectivity index (χ0n) is 13.6. The molecule has 0 aliphatic carbocycles. The summed E-state index contributed by atoms with van der Waals surface area (Å²) in [6.07, 6.45) is 7.33. The van der Waals surface area contributed by atoms with Crippen molar-refractivity contribution in [3.8, 4) is 0 Å². The minimum absolute atomic E-state index is 0.847. The van der Waals surface area contributed by atoms with Crippen molar-refractivity contribution in [2.24, 2.45) is 5.10 Å². The van der Waals surface area contributed by atoms with E-state index in [4.69, 9.17) is 4.42 Å². The molecule has 0 N–H and O–H groups in total. The lowest BCUT2D eigenvalue weighted by Crippen LogP contribution is -2.43. The monoisotopic (exact) mass is 309 g/mol. The third-order valence-corrected chi connectivity index (χ3v) is 4.00. The number of benzene rings is 1. The topological polar surface area (TPSA) is 32.0 Å². The standard InChI is InChI=1S/C19H23N3O/c1-17-6-8-18(9-7-17)16-21-11-13-22(14-12-21)20-10-2-4-19-5-3-15-23-19/h2-10,15H,11-14,16H2,1H3. The Morgan fingerprint density at radius 1 is 1.09 bits per heavy atom. The SMILES string of the molecule is Cc1ccc(CN2CCN(N=CC=Cc3ccco3)CC2)cc1. The Balaban J connectivity index is 1.42. The molecule has 4 nitrogen and oxygen atoms in total. The highest BCUT2D eigenvalue weighted by Gasteiger charge is 2.14. The number of nitrogens with zero attached hydrogens (tertiary/aromatic N) is 3. The predicted octanol–water partition coefficient (Wildman–Crippen LogP) is 3.40. The van der Waals surface area contributed by atoms with Crippen LogP contribution >= 0.6 is 0 Å². The highest BCUT2D eigenvalue weighted by molar-refractivity contribution is 5.77. The van der Waals surface area contributed by atoms with E-state index >= 15 is 0 Å². The summed E-state index contributed by atoms with van der Waals surface area (Å²) < 4.78 is 5.23. The van der Waals surface area contributed by atoms with Crippen molar-refractivity contribution in [2.45, 2.75) is 13.5 Å². The average molecular weight is 309 g/mol. The summed E-state index contributed by atoms with van der Waals surface area (Å²) in [4.78, 5) is 2.48. The third kappa shape index (κ3) is 4.83. The van der Waals surface area contributed by atoms with Gasteiger partial charge in [-0.15, -0.1) is 0 Å². The summed E-state index contributed by atoms with van der Waals surface area (Å²) >= 11 is 0. The van der Waals surface area contributed by atoms with Crippen molar-refractivity contribution < 1.29 is 4.42 Å². The Labute approximate surface area is 137 Å². The van der Waals surface area contributed by atoms with Gasteiger partial charge in [-0.1, -0.05) is 29.8 Å². The minimum atomic E-state index is 0.847. The van der Waals surface area contributed by atoms with Crippen LogP contribution in [-0.4, -0.2) is 42.3 Å². The second kappa shape index (κ2) is 7.79. The van der Waals surface area contributed by atoms with Crippen LogP contribution in [0.25, 0.3) is 6.08 Å². The van der Waals surface area contributed by atoms with E-state index < -0.39 is 0 Å². The van der Waals surface area contributed by atoms with E-state index in [1.807, 2.05) is 30.5 Å². The summed E-state index contributed by atoms with van der Waals surface area (Å²) in [5.74, 6) is 0.847. The van der Waals surface area contributed by atoms with Crippen LogP contribution in [0.5, 0.6) is 0 Å². The van der Waals surface area contributed by atoms with Crippen molar-refractivity contribution in [3.05, 3.63) is 65.6 Å². The van der Waals surface area contributed by atoms with Gasteiger partial charge < -0.3 is 4.42 Å². The number of hydrazone groups is 1. The maximum atomic E-state index is 5.23. The second-order valence-electron chi connectivity index (χ2n) is 5.85. The van der Waals surface area contributed by atoms with Gasteiger partial charge in [0.2, 0.25) is 0 Å². The van der Waals surface area contributed by atoms with Gasteiger partial charge in [0, 0.05) is 38.9 Å². The van der Waals surface area contributed by atoms with Gasteiger partial charge in [0.25, 0.3) is 0 Å². The summed E-state index contributed by atoms with van der Waals surface area (Å²) in [5.41, 5.74) is 2.70. The third-order valence-electron chi connectivity index (χ3n) is 4.00. The van der Waals surface area contributed by atoms with E-state index in [0.29, 0.717) is 0 Å². The summed E-state index contributed by atoms with van der Waals surface area (Å²) in [6.45, 7) is 7.19. The van der Waals surface area contributed by atoms with Crippen LogP contribution in [0.4, 0.5) is 0 Å². The van der Waals surface area contributed by atoms with E-state index in [1.165, 1.54) is 11.1 Å². The first kappa shape index (κ1) is 15.6. The first-order chi connectivity index (χ1) is 11.3. The highest BCUT2D eigenvalue weighted by atomic mass is 16.3. The summed E-state index contributed by atoms with van der Waals surface area (Å²) in [5, 5.41) is 6.61. The summed E-state index contributed by atoms with van der Waals surface area (Å²) in [7, 11) is 0. The van der Waals surface area contributed by atoms with Gasteiger partial charge in [-0.2, -0.15) is 5.10 Å². The molecule has 0 spiro atoms. The molecule has 3 rings (SSSR count). The average Bonchev–Trinajstić information content (AvgIpc) is 3.09. The first-order valence-corrected chi connectivity index (χ1v) is 8.06. The van der Waals surface area contributed by atoms with Crippen molar-refractivity contribution in [1.82, 2.24) is 9.91 Å². The molecule has 2 aromatic rings. The minimum Gasteiger partial charge on any atom is -0.465 e. The maximum Gasteiger partial charge on any atom is 0.126 e. The lowest BCUT2D eigenvalue weighted by atomic mass is 10.1. The molecule has 0 saturated carbocycles. The number of furan rings is 1. The van der Waals surface area contributed by atoms with Crippen molar-refractivity contribution >= 4 is 12.3 Å². The van der Waals surface area contributed by atoms with Gasteiger partial charge in [-0.3, -0.25) is 9.91 Å². The molecule has 0 amide bonds. The molecule has 4 heteroatoms. The molecular weight excluding hydrogens is 286 g/mol. The first-order valence-electron chi connectivity index (χ1n) is 8.06. The smallest absolute Gasteiger partial charge is 0.126 e. The highest BCUT2D eigenvalue weighted by Crippen LogP contribution is 2.10. The van der Waals surface area contributed by atoms with E-state index in [2.05, 4.69) is 46.2 Å². The van der Waals surface area contributed by atoms with Gasteiger partial charge >= 0.3 is 0 Å². The zero-order chi connectivity index (χ0) is 15.9. The normalized spacial score (nSPS) is 16.7. The Morgan fingerprint density at radius 2 is 1.87 bits per heavy atom. The Kier molecular flexibility index (Phi) is 5.27. The molecule has 2 heterocycles. The molecular formula is C19H23N3O. The second-order valence-corrected chi connectivity index (χ2v) is 5.85. The molecule has 1 aromatic carbocycles. The molecule has 1 aliphatic heterocycles. The van der Waals surface area contributed by atoms with Crippen LogP contribution in [0.2, 0.25) is 0 Å². The van der Waals surface area contributed by atoms with Crippen molar-refractivity contribution in [1.29, 1.82) is 0 Å². The van der Waals surface area contributed by atoms with Gasteiger partial charge in [0.15, 0.2) is 0 Å². The van der Waals surface area contributed by atoms with Gasteiger partial charge in [0.1, 0.15) is 5.76 Å². The van der Waals surface area contributed by atoms with Gasteiger partial charge in [0.05, 0.1) is 6.26 Å². The van der Waals surface area contributed by atoms with Gasteiger partial charge in [-0.05, 0) is 36.8 Å². The number of hydrogen-bond acceptors (Lipinski definition) is 4. The molecule has 0 radical (unpaired) electrons. The molecule has 1 aromatic heterocycles. The van der Waals surface area contributed by atoms with Crippen LogP contribution in [0, 0.1) is 6.92 Å². The Morgan fingerprint density at radius 3 is 2.57 bits per heavy atom. The molecule has 1 fully saturated rings. The number of hydrogen-bond donors (Lipinski definition) is 0. The molecule has 120 valence electrons. The van der Waals surface area contributed by atoms with Crippen LogP contribution < -0.4 is 0 Å². The van der Waals surface area contributed by atoms with E-state index in [-0.39, 0.29) is 0 Å². The van der Waals surface area contributed by atoms with Crippen LogP contribution in [0.3, 0.4) is 0 Å². The molecule has 0 atom stereocenters. The molecule has 0 unspecified atom stereocenters. The fourth-order valence-corrected chi connectivity index (χ4v) is 2.62. The Bertz CT molecular complexity index is 636. The number of allylic oxidation sites excluding steroid dienone is 1. The largest absolute Gasteiger partial charge is 0.465 e. The molecule has 1 aliphatic rings. The van der Waals surface area contributed by atoms with Crippen LogP contribution in [0.1, 0.15) is 16.9 Å². The zero-order valence-corrected chi connectivity index (χ0v) is 13.6. The number of piperazine rings is 1. The lowest BCUT2D eigenvalue weighted by molar-refractivity contribution is 0.131. The molecule has 0 bridgehead atoms. The van der Waals surface area contributed by atoms with E-state index in [9.17, 15) is 0 Å². The summed E-state index contributed by atoms with van der Waals surface area (Å²) in [6, 6.07) is 12.6. The molecule has 1 saturated heterocycles. The lowest BCUT2D eigenvalue weighted by Gasteiger charge is -2.33. The quantitative estimate of drug-likeness (QED) is 0.793. The van der Waals surface area contributed by atoms with Gasteiger partial charge in [-0.25, -0.2) is 0 Å². The number of aryl methyl sites for hydroxylation is 1. The van der Waals surface area contributed by atoms with Crippen LogP contribution in [-0.2, 0) is 6.54 Å². The van der Waals surface area contributed by atoms with E-state index in [0.717, 1.165) is 38.5 Å². The number of rotatable bonds is 5. The van der Waals surface area contributed by atoms with Crippen LogP contribution in [0.15, 0.2) is 58.3 Å². The Hall–Kier alpha value is -2.33. The van der Waals surface area contributed by atoms with Crippen molar-refractivity contribution in [3.63, 3.8) is 0 Å². The van der Waals surface area contributed by atoms with E-state index in [1.54, 1.807) is 6.26 Å². The maximum absolute atomic E-state index is 5.23. The fourth-order valence-electron chi connectivity index (χ4n) is 2.62. The molecule has 23 heavy (non-hydrogen) atoms. The fraction of sp³-hybridized carbons (Fsp3) is 0.316. The predicted molar refractivity (Wildman–Crippen MR) is 94.3 cm³/mol.